The zero-order chi connectivity index (χ0) is 24.0. The highest BCUT2D eigenvalue weighted by Crippen LogP contribution is 2.26. The Labute approximate surface area is 195 Å². The summed E-state index contributed by atoms with van der Waals surface area (Å²) in [5.41, 5.74) is 1.50. The molecule has 1 atom stereocenters. The molecule has 0 saturated carbocycles. The number of methoxy groups -OCH3 is 1. The maximum atomic E-state index is 13.2. The van der Waals surface area contributed by atoms with E-state index in [9.17, 15) is 22.4 Å². The van der Waals surface area contributed by atoms with E-state index in [0.717, 1.165) is 5.56 Å². The largest absolute Gasteiger partial charge is 0.496 e. The van der Waals surface area contributed by atoms with Gasteiger partial charge in [-0.3, -0.25) is 9.59 Å². The van der Waals surface area contributed by atoms with Crippen LogP contribution in [-0.4, -0.2) is 33.3 Å². The number of carbonyl (C=O) groups excluding carboxylic acids is 2. The van der Waals surface area contributed by atoms with Crippen LogP contribution in [0.15, 0.2) is 77.7 Å². The highest BCUT2D eigenvalue weighted by molar-refractivity contribution is 8.13. The number of hydrogen-bond donors (Lipinski definition) is 1. The molecule has 172 valence electrons. The number of benzene rings is 3. The van der Waals surface area contributed by atoms with Crippen LogP contribution in [0.5, 0.6) is 5.75 Å². The fraction of sp³-hybridized carbons (Fsp3) is 0.167. The van der Waals surface area contributed by atoms with Crippen LogP contribution in [0.25, 0.3) is 0 Å². The van der Waals surface area contributed by atoms with E-state index in [1.165, 1.54) is 49.6 Å². The Morgan fingerprint density at radius 1 is 1.03 bits per heavy atom. The predicted molar refractivity (Wildman–Crippen MR) is 123 cm³/mol. The summed E-state index contributed by atoms with van der Waals surface area (Å²) >= 11 is 0. The van der Waals surface area contributed by atoms with Crippen LogP contribution in [0.4, 0.5) is 4.39 Å². The summed E-state index contributed by atoms with van der Waals surface area (Å²) in [5.74, 6) is -1.11. The first kappa shape index (κ1) is 24.4. The lowest BCUT2D eigenvalue weighted by Gasteiger charge is -2.19. The van der Waals surface area contributed by atoms with Gasteiger partial charge in [-0.25, -0.2) is 12.8 Å². The molecule has 3 aromatic rings. The van der Waals surface area contributed by atoms with Crippen LogP contribution < -0.4 is 10.1 Å². The first-order valence-electron chi connectivity index (χ1n) is 9.92. The van der Waals surface area contributed by atoms with E-state index in [2.05, 4.69) is 5.32 Å². The zero-order valence-corrected chi connectivity index (χ0v) is 19.2. The van der Waals surface area contributed by atoms with Crippen molar-refractivity contribution in [1.82, 2.24) is 5.32 Å². The maximum absolute atomic E-state index is 13.2. The number of carbonyl (C=O) groups is 2. The third-order valence-electron chi connectivity index (χ3n) is 4.99. The zero-order valence-electron chi connectivity index (χ0n) is 17.6. The predicted octanol–water partition coefficient (Wildman–Crippen LogP) is 3.91. The van der Waals surface area contributed by atoms with Gasteiger partial charge in [-0.1, -0.05) is 36.4 Å². The van der Waals surface area contributed by atoms with Gasteiger partial charge in [0.25, 0.3) is 15.0 Å². The number of amides is 1. The van der Waals surface area contributed by atoms with Gasteiger partial charge in [-0.2, -0.15) is 0 Å². The van der Waals surface area contributed by atoms with Crippen molar-refractivity contribution in [2.24, 2.45) is 0 Å². The molecule has 1 N–H and O–H groups in total. The molecule has 0 spiro atoms. The molecule has 9 heteroatoms. The molecule has 3 aromatic carbocycles. The van der Waals surface area contributed by atoms with Gasteiger partial charge in [0, 0.05) is 34.3 Å². The fourth-order valence-corrected chi connectivity index (χ4v) is 4.04. The van der Waals surface area contributed by atoms with Crippen LogP contribution in [-0.2, 0) is 26.7 Å². The number of rotatable bonds is 9. The average molecular weight is 490 g/mol. The molecule has 0 aliphatic heterocycles. The normalized spacial score (nSPS) is 12.1. The molecule has 0 aromatic heterocycles. The van der Waals surface area contributed by atoms with Gasteiger partial charge in [0.15, 0.2) is 5.78 Å². The lowest BCUT2D eigenvalue weighted by atomic mass is 9.97. The molecule has 1 amide bonds. The first-order chi connectivity index (χ1) is 15.7. The average Bonchev–Trinajstić information content (AvgIpc) is 2.79. The van der Waals surface area contributed by atoms with Crippen molar-refractivity contribution in [3.63, 3.8) is 0 Å². The Bertz CT molecular complexity index is 1250. The van der Waals surface area contributed by atoms with Crippen molar-refractivity contribution in [2.75, 3.05) is 7.11 Å². The highest BCUT2D eigenvalue weighted by Gasteiger charge is 2.24. The molecule has 0 bridgehead atoms. The molecule has 0 aliphatic rings. The van der Waals surface area contributed by atoms with E-state index in [-0.39, 0.29) is 34.8 Å². The smallest absolute Gasteiger partial charge is 0.261 e. The van der Waals surface area contributed by atoms with Gasteiger partial charge >= 0.3 is 0 Å². The number of nitrogens with one attached hydrogen (secondary N) is 1. The standard InChI is InChI=1S/C24H21ClFNO5S/c1-32-23-15-20(33(25,30)31)12-9-18(23)14-22(28)21(13-16-5-3-2-4-6-16)27-24(29)17-7-10-19(26)11-8-17/h2-12,15,21H,13-14H2,1H3,(H,27,29)/t21-/m0/s1. The molecule has 6 nitrogen and oxygen atoms in total. The molecule has 0 radical (unpaired) electrons. The SMILES string of the molecule is COc1cc(S(=O)(=O)Cl)ccc1CC(=O)[C@H](Cc1ccccc1)NC(=O)c1ccc(F)cc1. The Hall–Kier alpha value is -3.23. The van der Waals surface area contributed by atoms with E-state index in [1.54, 1.807) is 0 Å². The summed E-state index contributed by atoms with van der Waals surface area (Å²) in [6.07, 6.45) is 0.121. The van der Waals surface area contributed by atoms with Crippen molar-refractivity contribution >= 4 is 31.4 Å². The molecule has 3 rings (SSSR count). The van der Waals surface area contributed by atoms with Crippen molar-refractivity contribution in [1.29, 1.82) is 0 Å². The third kappa shape index (κ3) is 6.63. The van der Waals surface area contributed by atoms with Crippen molar-refractivity contribution in [2.45, 2.75) is 23.8 Å². The number of ether oxygens (including phenoxy) is 1. The van der Waals surface area contributed by atoms with Gasteiger partial charge in [0.2, 0.25) is 0 Å². The Morgan fingerprint density at radius 3 is 2.30 bits per heavy atom. The molecule has 0 unspecified atom stereocenters. The molecule has 0 saturated heterocycles. The van der Waals surface area contributed by atoms with E-state index < -0.39 is 26.8 Å². The lowest BCUT2D eigenvalue weighted by molar-refractivity contribution is -0.120. The molecular formula is C24H21ClFNO5S. The number of ketones is 1. The molecule has 33 heavy (non-hydrogen) atoms. The minimum absolute atomic E-state index is 0.118. The Morgan fingerprint density at radius 2 is 1.70 bits per heavy atom. The molecule has 0 aliphatic carbocycles. The summed E-state index contributed by atoms with van der Waals surface area (Å²) in [7, 11) is 2.78. The molecule has 0 fully saturated rings. The van der Waals surface area contributed by atoms with Gasteiger partial charge in [0.05, 0.1) is 18.0 Å². The number of Topliss-reactive ketones (excluding diaryl/α,β-unsaturated/α-hetero) is 1. The summed E-state index contributed by atoms with van der Waals surface area (Å²) in [5, 5.41) is 2.73. The van der Waals surface area contributed by atoms with Crippen LogP contribution >= 0.6 is 10.7 Å². The summed E-state index contributed by atoms with van der Waals surface area (Å²) in [4.78, 5) is 25.8. The first-order valence-corrected chi connectivity index (χ1v) is 12.2. The van der Waals surface area contributed by atoms with Crippen LogP contribution in [0.3, 0.4) is 0 Å². The van der Waals surface area contributed by atoms with Crippen LogP contribution in [0.2, 0.25) is 0 Å². The quantitative estimate of drug-likeness (QED) is 0.460. The van der Waals surface area contributed by atoms with Crippen molar-refractivity contribution in [3.05, 3.63) is 95.3 Å². The van der Waals surface area contributed by atoms with E-state index in [4.69, 9.17) is 15.4 Å². The summed E-state index contributed by atoms with van der Waals surface area (Å²) < 4.78 is 41.6. The molecule has 0 heterocycles. The summed E-state index contributed by atoms with van der Waals surface area (Å²) in [6.45, 7) is 0. The van der Waals surface area contributed by atoms with E-state index in [0.29, 0.717) is 5.56 Å². The highest BCUT2D eigenvalue weighted by atomic mass is 35.7. The van der Waals surface area contributed by atoms with Gasteiger partial charge in [0.1, 0.15) is 11.6 Å². The Balaban J connectivity index is 1.85. The number of hydrogen-bond acceptors (Lipinski definition) is 5. The van der Waals surface area contributed by atoms with Crippen LogP contribution in [0, 0.1) is 5.82 Å². The number of halogens is 2. The summed E-state index contributed by atoms with van der Waals surface area (Å²) in [6, 6.07) is 17.3. The van der Waals surface area contributed by atoms with E-state index in [1.807, 2.05) is 30.3 Å². The van der Waals surface area contributed by atoms with Crippen molar-refractivity contribution < 1.29 is 27.1 Å². The van der Waals surface area contributed by atoms with Gasteiger partial charge < -0.3 is 10.1 Å². The second-order valence-corrected chi connectivity index (χ2v) is 9.84. The van der Waals surface area contributed by atoms with Gasteiger partial charge in [-0.05, 0) is 42.3 Å². The monoisotopic (exact) mass is 489 g/mol. The third-order valence-corrected chi connectivity index (χ3v) is 6.34. The molecular weight excluding hydrogens is 469 g/mol. The second-order valence-electron chi connectivity index (χ2n) is 7.28. The lowest BCUT2D eigenvalue weighted by Crippen LogP contribution is -2.43. The Kier molecular flexibility index (Phi) is 7.84. The van der Waals surface area contributed by atoms with Crippen molar-refractivity contribution in [3.8, 4) is 5.75 Å². The minimum atomic E-state index is -3.96. The van der Waals surface area contributed by atoms with E-state index >= 15 is 0 Å². The maximum Gasteiger partial charge on any atom is 0.261 e. The minimum Gasteiger partial charge on any atom is -0.496 e. The van der Waals surface area contributed by atoms with Crippen LogP contribution in [0.1, 0.15) is 21.5 Å². The second kappa shape index (κ2) is 10.6. The fourth-order valence-electron chi connectivity index (χ4n) is 3.27. The van der Waals surface area contributed by atoms with Gasteiger partial charge in [-0.15, -0.1) is 0 Å². The topological polar surface area (TPSA) is 89.5 Å².